The molecular weight excluding hydrogens is 505 g/mol. The van der Waals surface area contributed by atoms with Crippen LogP contribution in [-0.2, 0) is 16.1 Å². The van der Waals surface area contributed by atoms with Gasteiger partial charge in [0, 0.05) is 58.2 Å². The van der Waals surface area contributed by atoms with Gasteiger partial charge in [0.15, 0.2) is 22.8 Å². The highest BCUT2D eigenvalue weighted by atomic mass is 19.4. The summed E-state index contributed by atoms with van der Waals surface area (Å²) in [6.07, 6.45) is -1.51. The lowest BCUT2D eigenvalue weighted by Gasteiger charge is -2.36. The zero-order valence-corrected chi connectivity index (χ0v) is 21.0. The molecule has 0 aliphatic carbocycles. The van der Waals surface area contributed by atoms with E-state index in [1.807, 2.05) is 4.90 Å². The van der Waals surface area contributed by atoms with Crippen LogP contribution < -0.4 is 15.1 Å². The zero-order valence-electron chi connectivity index (χ0n) is 21.0. The molecule has 0 unspecified atom stereocenters. The number of imidazole rings is 1. The van der Waals surface area contributed by atoms with Gasteiger partial charge in [-0.05, 0) is 0 Å². The van der Waals surface area contributed by atoms with E-state index in [9.17, 15) is 18.0 Å². The first-order chi connectivity index (χ1) is 18.1. The number of rotatable bonds is 5. The lowest BCUT2D eigenvalue weighted by atomic mass is 10.2. The van der Waals surface area contributed by atoms with Crippen LogP contribution in [0.25, 0.3) is 22.6 Å². The van der Waals surface area contributed by atoms with E-state index in [2.05, 4.69) is 31.8 Å². The number of hydrogen-bond acceptors (Lipinski definition) is 10. The van der Waals surface area contributed by atoms with Gasteiger partial charge in [-0.25, -0.2) is 24.9 Å². The van der Waals surface area contributed by atoms with Crippen LogP contribution in [0.2, 0.25) is 0 Å². The number of anilines is 3. The summed E-state index contributed by atoms with van der Waals surface area (Å²) in [5.41, 5.74) is 1.23. The summed E-state index contributed by atoms with van der Waals surface area (Å²) in [4.78, 5) is 39.3. The second kappa shape index (κ2) is 10.0. The van der Waals surface area contributed by atoms with Crippen molar-refractivity contribution in [3.8, 4) is 11.4 Å². The Labute approximate surface area is 216 Å². The van der Waals surface area contributed by atoms with Gasteiger partial charge in [0.1, 0.15) is 6.54 Å². The maximum atomic E-state index is 13.9. The first kappa shape index (κ1) is 25.6. The van der Waals surface area contributed by atoms with Crippen molar-refractivity contribution < 1.29 is 22.7 Å². The topological polar surface area (TPSA) is 117 Å². The van der Waals surface area contributed by atoms with Gasteiger partial charge in [-0.15, -0.1) is 0 Å². The number of piperazine rings is 1. The van der Waals surface area contributed by atoms with Crippen LogP contribution >= 0.6 is 0 Å². The van der Waals surface area contributed by atoms with E-state index in [-0.39, 0.29) is 48.5 Å². The predicted octanol–water partition coefficient (Wildman–Crippen LogP) is 1.91. The molecule has 5 rings (SSSR count). The molecule has 15 heteroatoms. The second-order valence-electron chi connectivity index (χ2n) is 8.96. The van der Waals surface area contributed by atoms with E-state index in [0.29, 0.717) is 49.3 Å². The fourth-order valence-electron chi connectivity index (χ4n) is 4.55. The van der Waals surface area contributed by atoms with Crippen molar-refractivity contribution in [1.82, 2.24) is 34.4 Å². The number of alkyl halides is 3. The van der Waals surface area contributed by atoms with Crippen LogP contribution in [0, 0.1) is 0 Å². The lowest BCUT2D eigenvalue weighted by molar-refractivity contribution is -0.139. The van der Waals surface area contributed by atoms with Crippen molar-refractivity contribution in [2.24, 2.45) is 0 Å². The maximum absolute atomic E-state index is 13.9. The first-order valence-electron chi connectivity index (χ1n) is 12.0. The number of aromatic nitrogens is 6. The second-order valence-corrected chi connectivity index (χ2v) is 8.96. The minimum atomic E-state index is -4.54. The van der Waals surface area contributed by atoms with Crippen molar-refractivity contribution in [3.05, 3.63) is 24.7 Å². The summed E-state index contributed by atoms with van der Waals surface area (Å²) in [5.74, 6) is 0.897. The number of amides is 1. The van der Waals surface area contributed by atoms with Crippen LogP contribution in [0.1, 0.15) is 6.92 Å². The molecule has 0 radical (unpaired) electrons. The Morgan fingerprint density at radius 2 is 1.79 bits per heavy atom. The molecule has 2 fully saturated rings. The monoisotopic (exact) mass is 532 g/mol. The first-order valence-corrected chi connectivity index (χ1v) is 12.0. The fourth-order valence-corrected chi connectivity index (χ4v) is 4.55. The standard InChI is InChI=1S/C23H27F3N10O2/c1-14-12-34(4-5-35(14)15(2)37)22-30-17-19(33-6-8-38-9-7-33)31-18(16-10-28-21(27-3)29-11-16)32-20(17)36(22)13-23(24,25)26/h10-11H,1,4-9,12-13H2,2-3H3,(H,27,28,29). The largest absolute Gasteiger partial charge is 0.406 e. The highest BCUT2D eigenvalue weighted by molar-refractivity contribution is 5.88. The smallest absolute Gasteiger partial charge is 0.378 e. The third kappa shape index (κ3) is 5.05. The molecule has 38 heavy (non-hydrogen) atoms. The number of fused-ring (bicyclic) bond motifs is 1. The highest BCUT2D eigenvalue weighted by Gasteiger charge is 2.35. The van der Waals surface area contributed by atoms with Gasteiger partial charge in [-0.2, -0.15) is 13.2 Å². The Morgan fingerprint density at radius 1 is 1.08 bits per heavy atom. The third-order valence-electron chi connectivity index (χ3n) is 6.35. The van der Waals surface area contributed by atoms with Crippen LogP contribution in [0.15, 0.2) is 24.7 Å². The van der Waals surface area contributed by atoms with Gasteiger partial charge in [0.2, 0.25) is 17.8 Å². The molecule has 0 bridgehead atoms. The molecule has 2 aliphatic heterocycles. The number of morpholine rings is 1. The molecule has 3 aromatic heterocycles. The third-order valence-corrected chi connectivity index (χ3v) is 6.35. The van der Waals surface area contributed by atoms with Gasteiger partial charge in [0.05, 0.1) is 25.3 Å². The van der Waals surface area contributed by atoms with Crippen LogP contribution in [0.3, 0.4) is 0 Å². The minimum absolute atomic E-state index is 0.0427. The van der Waals surface area contributed by atoms with Gasteiger partial charge in [0.25, 0.3) is 0 Å². The molecule has 0 spiro atoms. The van der Waals surface area contributed by atoms with E-state index in [1.165, 1.54) is 24.2 Å². The zero-order chi connectivity index (χ0) is 27.0. The van der Waals surface area contributed by atoms with Crippen molar-refractivity contribution >= 4 is 34.8 Å². The summed E-state index contributed by atoms with van der Waals surface area (Å²) in [6.45, 7) is 6.68. The van der Waals surface area contributed by atoms with Crippen molar-refractivity contribution in [2.75, 3.05) is 68.1 Å². The van der Waals surface area contributed by atoms with E-state index >= 15 is 0 Å². The number of nitrogens with zero attached hydrogens (tertiary/aromatic N) is 9. The lowest BCUT2D eigenvalue weighted by Crippen LogP contribution is -2.47. The van der Waals surface area contributed by atoms with Gasteiger partial charge < -0.3 is 24.8 Å². The van der Waals surface area contributed by atoms with E-state index < -0.39 is 12.7 Å². The number of carbonyl (C=O) groups excluding carboxylic acids is 1. The number of hydrogen-bond donors (Lipinski definition) is 1. The SMILES string of the molecule is C=C1CN(c2nc3c(N4CCOCC4)nc(-c4cnc(NC)nc4)nc3n2CC(F)(F)F)CCN1C(C)=O. The molecule has 2 saturated heterocycles. The molecule has 12 nitrogen and oxygen atoms in total. The molecule has 3 aromatic rings. The average Bonchev–Trinajstić information content (AvgIpc) is 3.25. The molecule has 5 heterocycles. The molecule has 1 amide bonds. The maximum Gasteiger partial charge on any atom is 0.406 e. The van der Waals surface area contributed by atoms with Crippen LogP contribution in [-0.4, -0.2) is 99.5 Å². The summed E-state index contributed by atoms with van der Waals surface area (Å²) in [5, 5.41) is 2.83. The summed E-state index contributed by atoms with van der Waals surface area (Å²) in [6, 6.07) is 0. The Hall–Kier alpha value is -4.01. The summed E-state index contributed by atoms with van der Waals surface area (Å²) >= 11 is 0. The molecule has 1 N–H and O–H groups in total. The minimum Gasteiger partial charge on any atom is -0.378 e. The average molecular weight is 533 g/mol. The Bertz CT molecular complexity index is 1350. The summed E-state index contributed by atoms with van der Waals surface area (Å²) in [7, 11) is 1.68. The molecule has 2 aliphatic rings. The van der Waals surface area contributed by atoms with E-state index in [4.69, 9.17) is 9.72 Å². The Morgan fingerprint density at radius 3 is 2.39 bits per heavy atom. The van der Waals surface area contributed by atoms with Crippen LogP contribution in [0.5, 0.6) is 0 Å². The highest BCUT2D eigenvalue weighted by Crippen LogP contribution is 2.34. The normalized spacial score (nSPS) is 16.9. The molecule has 0 aromatic carbocycles. The molecule has 0 saturated carbocycles. The fraction of sp³-hybridized carbons (Fsp3) is 0.478. The quantitative estimate of drug-likeness (QED) is 0.522. The Kier molecular flexibility index (Phi) is 6.77. The van der Waals surface area contributed by atoms with E-state index in [1.54, 1.807) is 11.9 Å². The Balaban J connectivity index is 1.68. The van der Waals surface area contributed by atoms with Crippen molar-refractivity contribution in [3.63, 3.8) is 0 Å². The molecular formula is C23H27F3N10O2. The predicted molar refractivity (Wildman–Crippen MR) is 134 cm³/mol. The molecule has 202 valence electrons. The number of ether oxygens (including phenoxy) is 1. The molecule has 0 atom stereocenters. The van der Waals surface area contributed by atoms with E-state index in [0.717, 1.165) is 4.57 Å². The van der Waals surface area contributed by atoms with Crippen molar-refractivity contribution in [1.29, 1.82) is 0 Å². The van der Waals surface area contributed by atoms with Gasteiger partial charge >= 0.3 is 6.18 Å². The van der Waals surface area contributed by atoms with Gasteiger partial charge in [-0.1, -0.05) is 6.58 Å². The van der Waals surface area contributed by atoms with Gasteiger partial charge in [-0.3, -0.25) is 9.36 Å². The number of nitrogens with one attached hydrogen (secondary N) is 1. The summed E-state index contributed by atoms with van der Waals surface area (Å²) < 4.78 is 48.1. The number of halogens is 3. The van der Waals surface area contributed by atoms with Crippen LogP contribution in [0.4, 0.5) is 30.9 Å². The van der Waals surface area contributed by atoms with Crippen molar-refractivity contribution in [2.45, 2.75) is 19.6 Å². The number of carbonyl (C=O) groups is 1.